The van der Waals surface area contributed by atoms with Crippen LogP contribution in [0.4, 0.5) is 0 Å². The lowest BCUT2D eigenvalue weighted by molar-refractivity contribution is -0.143. The fraction of sp³-hybridized carbons (Fsp3) is 0.953. The van der Waals surface area contributed by atoms with E-state index < -0.39 is 12.1 Å². The number of unbranched alkanes of at least 4 members (excludes halogenated alkanes) is 70. The summed E-state index contributed by atoms with van der Waals surface area (Å²) in [5.41, 5.74) is 0. The van der Waals surface area contributed by atoms with Gasteiger partial charge in [0.2, 0.25) is 5.91 Å². The number of aliphatic hydroxyl groups is 2. The van der Waals surface area contributed by atoms with Gasteiger partial charge in [-0.05, 0) is 32.1 Å². The van der Waals surface area contributed by atoms with Crippen molar-refractivity contribution in [2.45, 2.75) is 508 Å². The maximum atomic E-state index is 12.6. The molecule has 3 N–H and O–H groups in total. The number of amides is 1. The van der Waals surface area contributed by atoms with Crippen molar-refractivity contribution in [3.8, 4) is 0 Å². The monoisotopic (exact) mass is 1280 g/mol. The molecule has 2 atom stereocenters. The highest BCUT2D eigenvalue weighted by Gasteiger charge is 2.18. The number of hydrogen-bond donors (Lipinski definition) is 3. The Hall–Kier alpha value is -1.40. The average Bonchev–Trinajstić information content (AvgIpc) is 3.58. The Bertz CT molecular complexity index is 1380. The van der Waals surface area contributed by atoms with Gasteiger partial charge in [0, 0.05) is 12.8 Å². The van der Waals surface area contributed by atoms with Crippen molar-refractivity contribution in [2.75, 3.05) is 13.2 Å². The maximum Gasteiger partial charge on any atom is 0.305 e. The van der Waals surface area contributed by atoms with Crippen molar-refractivity contribution in [3.05, 3.63) is 12.2 Å². The van der Waals surface area contributed by atoms with Crippen LogP contribution in [0.15, 0.2) is 12.2 Å². The summed E-state index contributed by atoms with van der Waals surface area (Å²) in [6, 6.07) is -0.625. The molecule has 0 bridgehead atoms. The normalized spacial score (nSPS) is 12.4. The molecule has 0 saturated carbocycles. The highest BCUT2D eigenvalue weighted by molar-refractivity contribution is 5.76. The Labute approximate surface area is 571 Å². The summed E-state index contributed by atoms with van der Waals surface area (Å²) in [6.45, 7) is 4.98. The van der Waals surface area contributed by atoms with E-state index in [4.69, 9.17) is 4.74 Å². The van der Waals surface area contributed by atoms with Crippen LogP contribution in [0.1, 0.15) is 495 Å². The second kappa shape index (κ2) is 81.0. The predicted octanol–water partition coefficient (Wildman–Crippen LogP) is 28.2. The van der Waals surface area contributed by atoms with E-state index in [9.17, 15) is 19.8 Å². The second-order valence-electron chi connectivity index (χ2n) is 29.5. The highest BCUT2D eigenvalue weighted by Crippen LogP contribution is 2.21. The third-order valence-electron chi connectivity index (χ3n) is 20.3. The first-order valence-electron chi connectivity index (χ1n) is 42.5. The van der Waals surface area contributed by atoms with E-state index in [1.165, 1.54) is 430 Å². The fourth-order valence-electron chi connectivity index (χ4n) is 13.9. The Balaban J connectivity index is 3.33. The number of allylic oxidation sites excluding steroid dienone is 1. The summed E-state index contributed by atoms with van der Waals surface area (Å²) < 4.78 is 5.52. The van der Waals surface area contributed by atoms with Crippen molar-refractivity contribution < 1.29 is 24.5 Å². The molecule has 0 aromatic rings. The summed E-state index contributed by atoms with van der Waals surface area (Å²) in [5, 5.41) is 23.3. The number of rotatable bonds is 81. The Morgan fingerprint density at radius 1 is 0.297 bits per heavy atom. The van der Waals surface area contributed by atoms with Crippen LogP contribution in [-0.4, -0.2) is 47.4 Å². The predicted molar refractivity (Wildman–Crippen MR) is 403 cm³/mol. The number of hydrogen-bond acceptors (Lipinski definition) is 5. The molecular formula is C85H167NO5. The zero-order valence-electron chi connectivity index (χ0n) is 62.4. The summed E-state index contributed by atoms with van der Waals surface area (Å²) in [4.78, 5) is 24.7. The minimum Gasteiger partial charge on any atom is -0.466 e. The van der Waals surface area contributed by atoms with Gasteiger partial charge in [-0.25, -0.2) is 0 Å². The van der Waals surface area contributed by atoms with Gasteiger partial charge in [-0.3, -0.25) is 9.59 Å². The standard InChI is InChI=1S/C85H167NO5/c1-3-5-7-9-11-13-15-17-19-21-22-23-24-34-37-40-43-46-49-53-57-61-65-69-73-77-83(88)82(81-87)86-84(89)78-74-70-66-62-58-54-50-47-44-41-38-35-32-30-28-26-25-27-29-31-33-36-39-42-45-48-52-56-60-64-68-72-76-80-91-85(90)79-75-71-67-63-59-55-51-20-18-16-14-12-10-8-6-4-2/h73,77,82-83,87-88H,3-72,74-76,78-81H2,1-2H3,(H,86,89)/b77-73+. The van der Waals surface area contributed by atoms with Crippen LogP contribution in [0.25, 0.3) is 0 Å². The summed E-state index contributed by atoms with van der Waals surface area (Å²) >= 11 is 0. The van der Waals surface area contributed by atoms with Crippen molar-refractivity contribution in [2.24, 2.45) is 0 Å². The number of ether oxygens (including phenoxy) is 1. The first kappa shape index (κ1) is 89.6. The SMILES string of the molecule is CCCCCCCCCCCCCCCCCCCCCCCCC/C=C/C(O)C(CO)NC(=O)CCCCCCCCCCCCCCCCCCCCCCCCCCCCCCCCCCCOC(=O)CCCCCCCCCCCCCCCCCC. The molecule has 6 heteroatoms. The van der Waals surface area contributed by atoms with Crippen LogP contribution < -0.4 is 5.32 Å². The van der Waals surface area contributed by atoms with Gasteiger partial charge in [0.25, 0.3) is 0 Å². The third kappa shape index (κ3) is 77.5. The van der Waals surface area contributed by atoms with Crippen LogP contribution >= 0.6 is 0 Å². The molecule has 0 radical (unpaired) electrons. The molecule has 0 aliphatic heterocycles. The molecule has 0 saturated heterocycles. The van der Waals surface area contributed by atoms with Gasteiger partial charge in [0.15, 0.2) is 0 Å². The first-order chi connectivity index (χ1) is 45.0. The largest absolute Gasteiger partial charge is 0.466 e. The lowest BCUT2D eigenvalue weighted by Crippen LogP contribution is -2.45. The van der Waals surface area contributed by atoms with Crippen molar-refractivity contribution in [1.29, 1.82) is 0 Å². The number of nitrogens with one attached hydrogen (secondary N) is 1. The van der Waals surface area contributed by atoms with Crippen LogP contribution in [0.2, 0.25) is 0 Å². The lowest BCUT2D eigenvalue weighted by Gasteiger charge is -2.20. The Morgan fingerprint density at radius 3 is 0.747 bits per heavy atom. The number of esters is 1. The van der Waals surface area contributed by atoms with Crippen LogP contribution in [-0.2, 0) is 14.3 Å². The fourth-order valence-corrected chi connectivity index (χ4v) is 13.9. The smallest absolute Gasteiger partial charge is 0.305 e. The van der Waals surface area contributed by atoms with Gasteiger partial charge in [-0.2, -0.15) is 0 Å². The molecule has 0 fully saturated rings. The van der Waals surface area contributed by atoms with E-state index >= 15 is 0 Å². The molecule has 6 nitrogen and oxygen atoms in total. The van der Waals surface area contributed by atoms with Gasteiger partial charge in [0.1, 0.15) is 0 Å². The molecule has 0 aromatic heterocycles. The second-order valence-corrected chi connectivity index (χ2v) is 29.5. The topological polar surface area (TPSA) is 95.9 Å². The van der Waals surface area contributed by atoms with Gasteiger partial charge < -0.3 is 20.3 Å². The van der Waals surface area contributed by atoms with E-state index in [0.717, 1.165) is 38.5 Å². The molecule has 542 valence electrons. The van der Waals surface area contributed by atoms with E-state index in [2.05, 4.69) is 19.2 Å². The Kier molecular flexibility index (Phi) is 79.8. The Morgan fingerprint density at radius 2 is 0.505 bits per heavy atom. The molecule has 0 aromatic carbocycles. The molecule has 0 heterocycles. The molecule has 91 heavy (non-hydrogen) atoms. The minimum absolute atomic E-state index is 0.0264. The van der Waals surface area contributed by atoms with E-state index in [1.807, 2.05) is 6.08 Å². The molecule has 0 spiro atoms. The zero-order valence-corrected chi connectivity index (χ0v) is 62.4. The molecular weight excluding hydrogens is 1110 g/mol. The van der Waals surface area contributed by atoms with Crippen molar-refractivity contribution in [3.63, 3.8) is 0 Å². The van der Waals surface area contributed by atoms with Crippen molar-refractivity contribution >= 4 is 11.9 Å². The molecule has 0 aliphatic rings. The van der Waals surface area contributed by atoms with Gasteiger partial charge in [-0.1, -0.05) is 463 Å². The average molecular weight is 1280 g/mol. The van der Waals surface area contributed by atoms with Crippen LogP contribution in [0.5, 0.6) is 0 Å². The number of carbonyl (C=O) groups excluding carboxylic acids is 2. The molecule has 2 unspecified atom stereocenters. The van der Waals surface area contributed by atoms with Gasteiger partial charge in [-0.15, -0.1) is 0 Å². The summed E-state index contributed by atoms with van der Waals surface area (Å²) in [7, 11) is 0. The van der Waals surface area contributed by atoms with E-state index in [1.54, 1.807) is 6.08 Å². The lowest BCUT2D eigenvalue weighted by atomic mass is 10.0. The van der Waals surface area contributed by atoms with Crippen LogP contribution in [0.3, 0.4) is 0 Å². The first-order valence-corrected chi connectivity index (χ1v) is 42.5. The van der Waals surface area contributed by atoms with Crippen molar-refractivity contribution in [1.82, 2.24) is 5.32 Å². The molecule has 0 rings (SSSR count). The zero-order chi connectivity index (χ0) is 65.6. The summed E-state index contributed by atoms with van der Waals surface area (Å²) in [5.74, 6) is -0.0305. The maximum absolute atomic E-state index is 12.6. The highest BCUT2D eigenvalue weighted by atomic mass is 16.5. The number of carbonyl (C=O) groups is 2. The van der Waals surface area contributed by atoms with Gasteiger partial charge in [0.05, 0.1) is 25.4 Å². The van der Waals surface area contributed by atoms with Crippen LogP contribution in [0, 0.1) is 0 Å². The van der Waals surface area contributed by atoms with E-state index in [-0.39, 0.29) is 18.5 Å². The number of aliphatic hydroxyl groups excluding tert-OH is 2. The summed E-state index contributed by atoms with van der Waals surface area (Å²) in [6.07, 6.45) is 104. The van der Waals surface area contributed by atoms with Gasteiger partial charge >= 0.3 is 5.97 Å². The third-order valence-corrected chi connectivity index (χ3v) is 20.3. The molecule has 1 amide bonds. The molecule has 0 aliphatic carbocycles. The quantitative estimate of drug-likeness (QED) is 0.0320. The minimum atomic E-state index is -0.842. The van der Waals surface area contributed by atoms with E-state index in [0.29, 0.717) is 19.4 Å².